The van der Waals surface area contributed by atoms with E-state index in [0.717, 1.165) is 5.56 Å². The fraction of sp³-hybridized carbons (Fsp3) is 0.300. The maximum atomic E-state index is 11.7. The van der Waals surface area contributed by atoms with Crippen molar-refractivity contribution in [2.24, 2.45) is 5.73 Å². The molecule has 0 radical (unpaired) electrons. The van der Waals surface area contributed by atoms with Crippen molar-refractivity contribution >= 4 is 28.4 Å². The number of nitrogens with two attached hydrogens (primary N) is 1. The fourth-order valence-corrected chi connectivity index (χ4v) is 2.15. The molecule has 4 N–H and O–H groups in total. The molecule has 0 saturated carbocycles. The summed E-state index contributed by atoms with van der Waals surface area (Å²) in [4.78, 5) is 10.5. The van der Waals surface area contributed by atoms with Gasteiger partial charge in [-0.15, -0.1) is 12.4 Å². The number of sulfonamides is 1. The van der Waals surface area contributed by atoms with Gasteiger partial charge in [0.25, 0.3) is 0 Å². The maximum absolute atomic E-state index is 11.7. The molecule has 102 valence electrons. The number of carboxylic acid groups (broad SMARTS) is 1. The Balaban J connectivity index is 0.00000289. The van der Waals surface area contributed by atoms with E-state index >= 15 is 0 Å². The van der Waals surface area contributed by atoms with E-state index in [4.69, 9.17) is 10.8 Å². The van der Waals surface area contributed by atoms with Gasteiger partial charge >= 0.3 is 5.97 Å². The Morgan fingerprint density at radius 1 is 1.39 bits per heavy atom. The van der Waals surface area contributed by atoms with Gasteiger partial charge in [0.1, 0.15) is 6.04 Å². The molecule has 18 heavy (non-hydrogen) atoms. The Hall–Kier alpha value is -1.15. The predicted molar refractivity (Wildman–Crippen MR) is 69.2 cm³/mol. The van der Waals surface area contributed by atoms with E-state index in [0.29, 0.717) is 0 Å². The Kier molecular flexibility index (Phi) is 6.27. The Morgan fingerprint density at radius 2 is 1.89 bits per heavy atom. The van der Waals surface area contributed by atoms with E-state index in [1.807, 2.05) is 6.92 Å². The molecule has 0 aromatic heterocycles. The van der Waals surface area contributed by atoms with Gasteiger partial charge in [-0.2, -0.15) is 0 Å². The zero-order valence-corrected chi connectivity index (χ0v) is 11.3. The number of nitrogens with one attached hydrogen (secondary N) is 1. The Morgan fingerprint density at radius 3 is 2.33 bits per heavy atom. The van der Waals surface area contributed by atoms with Gasteiger partial charge in [-0.05, 0) is 19.1 Å². The zero-order chi connectivity index (χ0) is 13.1. The maximum Gasteiger partial charge on any atom is 0.321 e. The number of benzene rings is 1. The highest BCUT2D eigenvalue weighted by molar-refractivity contribution is 7.89. The second-order valence-corrected chi connectivity index (χ2v) is 5.38. The average Bonchev–Trinajstić information content (AvgIpc) is 2.26. The molecule has 0 aliphatic carbocycles. The van der Waals surface area contributed by atoms with E-state index in [-0.39, 0.29) is 23.8 Å². The van der Waals surface area contributed by atoms with E-state index in [1.165, 1.54) is 12.1 Å². The fourth-order valence-electron chi connectivity index (χ4n) is 1.09. The van der Waals surface area contributed by atoms with Crippen LogP contribution in [0.3, 0.4) is 0 Å². The van der Waals surface area contributed by atoms with Gasteiger partial charge in [-0.25, -0.2) is 13.1 Å². The van der Waals surface area contributed by atoms with Gasteiger partial charge < -0.3 is 10.8 Å². The minimum Gasteiger partial charge on any atom is -0.480 e. The number of hydrogen-bond donors (Lipinski definition) is 3. The van der Waals surface area contributed by atoms with Gasteiger partial charge in [0.2, 0.25) is 10.0 Å². The molecular weight excluding hydrogens is 280 g/mol. The topological polar surface area (TPSA) is 109 Å². The second-order valence-electron chi connectivity index (χ2n) is 3.61. The molecule has 1 aromatic rings. The van der Waals surface area contributed by atoms with Crippen LogP contribution in [0.2, 0.25) is 0 Å². The molecule has 1 atom stereocenters. The van der Waals surface area contributed by atoms with Crippen LogP contribution in [0.4, 0.5) is 0 Å². The molecule has 0 heterocycles. The normalized spacial score (nSPS) is 12.6. The van der Waals surface area contributed by atoms with E-state index in [1.54, 1.807) is 12.1 Å². The number of carboxylic acids is 1. The van der Waals surface area contributed by atoms with Crippen molar-refractivity contribution < 1.29 is 18.3 Å². The summed E-state index contributed by atoms with van der Waals surface area (Å²) >= 11 is 0. The SMILES string of the molecule is Cc1ccc(S(=O)(=O)NCC(N)C(=O)O)cc1.Cl. The second kappa shape index (κ2) is 6.69. The van der Waals surface area contributed by atoms with Crippen molar-refractivity contribution in [1.29, 1.82) is 0 Å². The predicted octanol–water partition coefficient (Wildman–Crippen LogP) is 0.107. The minimum atomic E-state index is -3.70. The average molecular weight is 295 g/mol. The van der Waals surface area contributed by atoms with Crippen LogP contribution < -0.4 is 10.5 Å². The molecule has 0 amide bonds. The molecule has 1 rings (SSSR count). The van der Waals surface area contributed by atoms with Crippen LogP contribution in [0.25, 0.3) is 0 Å². The standard InChI is InChI=1S/C10H14N2O4S.ClH/c1-7-2-4-8(5-3-7)17(15,16)12-6-9(11)10(13)14;/h2-5,9,12H,6,11H2,1H3,(H,13,14);1H. The third-order valence-corrected chi connectivity index (χ3v) is 3.58. The van der Waals surface area contributed by atoms with Crippen LogP contribution in [0.15, 0.2) is 29.2 Å². The van der Waals surface area contributed by atoms with Gasteiger partial charge in [-0.3, -0.25) is 4.79 Å². The lowest BCUT2D eigenvalue weighted by atomic mass is 10.2. The summed E-state index contributed by atoms with van der Waals surface area (Å²) in [6, 6.07) is 4.96. The molecule has 0 bridgehead atoms. The molecular formula is C10H15ClN2O4S. The summed E-state index contributed by atoms with van der Waals surface area (Å²) in [5.41, 5.74) is 6.14. The van der Waals surface area contributed by atoms with Gasteiger partial charge in [-0.1, -0.05) is 17.7 Å². The first-order valence-electron chi connectivity index (χ1n) is 4.87. The van der Waals surface area contributed by atoms with Crippen LogP contribution in [0.1, 0.15) is 5.56 Å². The molecule has 0 aliphatic heterocycles. The lowest BCUT2D eigenvalue weighted by Gasteiger charge is -2.09. The first-order valence-corrected chi connectivity index (χ1v) is 6.36. The minimum absolute atomic E-state index is 0. The van der Waals surface area contributed by atoms with Crippen molar-refractivity contribution in [3.05, 3.63) is 29.8 Å². The van der Waals surface area contributed by atoms with E-state index < -0.39 is 22.0 Å². The van der Waals surface area contributed by atoms with Crippen LogP contribution in [-0.4, -0.2) is 32.1 Å². The van der Waals surface area contributed by atoms with Crippen LogP contribution in [-0.2, 0) is 14.8 Å². The summed E-state index contributed by atoms with van der Waals surface area (Å²) in [6.07, 6.45) is 0. The number of aryl methyl sites for hydroxylation is 1. The quantitative estimate of drug-likeness (QED) is 0.714. The molecule has 0 aliphatic rings. The third kappa shape index (κ3) is 4.61. The van der Waals surface area contributed by atoms with E-state index in [2.05, 4.69) is 4.72 Å². The van der Waals surface area contributed by atoms with Crippen LogP contribution in [0.5, 0.6) is 0 Å². The molecule has 0 spiro atoms. The number of aliphatic carboxylic acids is 1. The zero-order valence-electron chi connectivity index (χ0n) is 9.66. The molecule has 6 nitrogen and oxygen atoms in total. The largest absolute Gasteiger partial charge is 0.480 e. The van der Waals surface area contributed by atoms with Crippen molar-refractivity contribution in [1.82, 2.24) is 4.72 Å². The molecule has 0 saturated heterocycles. The van der Waals surface area contributed by atoms with Crippen molar-refractivity contribution in [3.8, 4) is 0 Å². The monoisotopic (exact) mass is 294 g/mol. The summed E-state index contributed by atoms with van der Waals surface area (Å²) in [5, 5.41) is 8.53. The molecule has 1 aromatic carbocycles. The highest BCUT2D eigenvalue weighted by Crippen LogP contribution is 2.09. The summed E-state index contributed by atoms with van der Waals surface area (Å²) in [7, 11) is -3.70. The Labute approximate surface area is 112 Å². The first kappa shape index (κ1) is 16.9. The smallest absolute Gasteiger partial charge is 0.321 e. The van der Waals surface area contributed by atoms with Gasteiger partial charge in [0.05, 0.1) is 4.90 Å². The van der Waals surface area contributed by atoms with Crippen molar-refractivity contribution in [2.75, 3.05) is 6.54 Å². The number of carbonyl (C=O) groups is 1. The third-order valence-electron chi connectivity index (χ3n) is 2.14. The van der Waals surface area contributed by atoms with Crippen LogP contribution >= 0.6 is 12.4 Å². The van der Waals surface area contributed by atoms with Gasteiger partial charge in [0.15, 0.2) is 0 Å². The summed E-state index contributed by atoms with van der Waals surface area (Å²) < 4.78 is 25.6. The lowest BCUT2D eigenvalue weighted by Crippen LogP contribution is -2.42. The molecule has 1 unspecified atom stereocenters. The highest BCUT2D eigenvalue weighted by atomic mass is 35.5. The van der Waals surface area contributed by atoms with Crippen molar-refractivity contribution in [3.63, 3.8) is 0 Å². The lowest BCUT2D eigenvalue weighted by molar-refractivity contribution is -0.138. The summed E-state index contributed by atoms with van der Waals surface area (Å²) in [6.45, 7) is 1.50. The number of rotatable bonds is 5. The van der Waals surface area contributed by atoms with Crippen LogP contribution in [0, 0.1) is 6.92 Å². The first-order chi connectivity index (χ1) is 7.83. The highest BCUT2D eigenvalue weighted by Gasteiger charge is 2.18. The van der Waals surface area contributed by atoms with Crippen molar-refractivity contribution in [2.45, 2.75) is 17.9 Å². The number of halogens is 1. The molecule has 8 heteroatoms. The number of hydrogen-bond acceptors (Lipinski definition) is 4. The van der Waals surface area contributed by atoms with Gasteiger partial charge in [0, 0.05) is 6.54 Å². The summed E-state index contributed by atoms with van der Waals surface area (Å²) in [5.74, 6) is -1.25. The molecule has 0 fully saturated rings. The Bertz CT molecular complexity index is 501. The van der Waals surface area contributed by atoms with E-state index in [9.17, 15) is 13.2 Å².